The third-order valence-electron chi connectivity index (χ3n) is 9.88. The highest BCUT2D eigenvalue weighted by Gasteiger charge is 2.18. The molecule has 0 aliphatic rings. The molecule has 0 N–H and O–H groups in total. The van der Waals surface area contributed by atoms with Crippen LogP contribution in [0.1, 0.15) is 0 Å². The van der Waals surface area contributed by atoms with E-state index < -0.39 is 0 Å². The second-order valence-corrected chi connectivity index (χ2v) is 13.3. The maximum atomic E-state index is 5.28. The number of rotatable bonds is 6. The third kappa shape index (κ3) is 5.74. The molecule has 0 aliphatic carbocycles. The molecule has 5 heteroatoms. The Morgan fingerprint density at radius 1 is 0.259 bits per heavy atom. The van der Waals surface area contributed by atoms with E-state index in [0.717, 1.165) is 55.8 Å². The Labute approximate surface area is 312 Å². The zero-order chi connectivity index (χ0) is 35.8. The van der Waals surface area contributed by atoms with E-state index in [1.807, 2.05) is 97.1 Å². The van der Waals surface area contributed by atoms with Crippen LogP contribution in [0.25, 0.3) is 100 Å². The Morgan fingerprint density at radius 2 is 0.685 bits per heavy atom. The largest absolute Gasteiger partial charge is 0.244 e. The van der Waals surface area contributed by atoms with Crippen LogP contribution < -0.4 is 0 Å². The van der Waals surface area contributed by atoms with Gasteiger partial charge in [-0.1, -0.05) is 158 Å². The minimum absolute atomic E-state index is 0.588. The minimum Gasteiger partial charge on any atom is -0.244 e. The summed E-state index contributed by atoms with van der Waals surface area (Å²) in [5.74, 6) is 1.83. The molecule has 0 unspecified atom stereocenters. The Bertz CT molecular complexity index is 2940. The fraction of sp³-hybridized carbons (Fsp3) is 0. The number of fused-ring (bicyclic) bond motifs is 4. The summed E-state index contributed by atoms with van der Waals surface area (Å²) in [6, 6.07) is 64.6. The van der Waals surface area contributed by atoms with Crippen LogP contribution in [0.2, 0.25) is 0 Å². The van der Waals surface area contributed by atoms with Gasteiger partial charge in [-0.05, 0) is 63.0 Å². The van der Waals surface area contributed by atoms with Gasteiger partial charge in [0.25, 0.3) is 0 Å². The Hall–Kier alpha value is -7.37. The monoisotopic (exact) mass is 689 g/mol. The first-order chi connectivity index (χ1) is 26.7. The van der Waals surface area contributed by atoms with Gasteiger partial charge in [0, 0.05) is 27.8 Å². The molecule has 0 fully saturated rings. The van der Waals surface area contributed by atoms with Gasteiger partial charge in [0.05, 0.1) is 22.4 Å². The molecule has 2 heterocycles. The van der Waals surface area contributed by atoms with E-state index in [0.29, 0.717) is 17.5 Å². The highest BCUT2D eigenvalue weighted by Crippen LogP contribution is 2.38. The normalized spacial score (nSPS) is 11.3. The summed E-state index contributed by atoms with van der Waals surface area (Å²) in [6.07, 6.45) is 0. The van der Waals surface area contributed by atoms with Crippen molar-refractivity contribution in [3.8, 4) is 67.8 Å². The third-order valence-corrected chi connectivity index (χ3v) is 9.88. The Kier molecular flexibility index (Phi) is 7.73. The van der Waals surface area contributed by atoms with Crippen LogP contribution in [0.5, 0.6) is 0 Å². The number of aromatic nitrogens is 5. The van der Waals surface area contributed by atoms with Gasteiger partial charge < -0.3 is 0 Å². The van der Waals surface area contributed by atoms with Gasteiger partial charge in [0.1, 0.15) is 0 Å². The molecule has 0 saturated carbocycles. The molecule has 10 aromatic rings. The van der Waals surface area contributed by atoms with Crippen molar-refractivity contribution in [1.82, 2.24) is 24.9 Å². The van der Waals surface area contributed by atoms with Crippen molar-refractivity contribution in [2.24, 2.45) is 0 Å². The quantitative estimate of drug-likeness (QED) is 0.163. The van der Waals surface area contributed by atoms with Crippen LogP contribution in [0.15, 0.2) is 188 Å². The molecule has 0 spiro atoms. The predicted molar refractivity (Wildman–Crippen MR) is 221 cm³/mol. The van der Waals surface area contributed by atoms with Crippen LogP contribution in [0, 0.1) is 0 Å². The molecular weight excluding hydrogens is 659 g/mol. The van der Waals surface area contributed by atoms with Crippen molar-refractivity contribution in [3.63, 3.8) is 0 Å². The first kappa shape index (κ1) is 31.4. The summed E-state index contributed by atoms with van der Waals surface area (Å²) in [6.45, 7) is 0. The van der Waals surface area contributed by atoms with Crippen molar-refractivity contribution < 1.29 is 0 Å². The summed E-state index contributed by atoms with van der Waals surface area (Å²) in [5.41, 5.74) is 10.2. The molecule has 0 amide bonds. The zero-order valence-electron chi connectivity index (χ0n) is 29.1. The maximum absolute atomic E-state index is 5.28. The standard InChI is InChI=1S/C49H31N5/c1-3-15-32(16-4-1)47-52-48(33-17-5-2-6-18-33)54-49(53-47)38-23-14-22-37(30-38)46-45(50-43-27-11-12-28-44(43)51-46)36-21-13-20-34(29-36)42-31-35-19-7-8-24-39(35)40-25-9-10-26-41(40)42/h1-31H. The molecule has 0 bridgehead atoms. The lowest BCUT2D eigenvalue weighted by Crippen LogP contribution is -2.00. The van der Waals surface area contributed by atoms with Gasteiger partial charge in [-0.25, -0.2) is 24.9 Å². The molecular formula is C49H31N5. The van der Waals surface area contributed by atoms with Crippen LogP contribution in [0.3, 0.4) is 0 Å². The first-order valence-electron chi connectivity index (χ1n) is 18.0. The summed E-state index contributed by atoms with van der Waals surface area (Å²) in [4.78, 5) is 25.4. The molecule has 0 atom stereocenters. The molecule has 0 radical (unpaired) electrons. The summed E-state index contributed by atoms with van der Waals surface area (Å²) in [5, 5.41) is 4.92. The van der Waals surface area contributed by atoms with Gasteiger partial charge in [0.2, 0.25) is 0 Å². The van der Waals surface area contributed by atoms with Crippen molar-refractivity contribution >= 4 is 32.6 Å². The van der Waals surface area contributed by atoms with Crippen molar-refractivity contribution in [1.29, 1.82) is 0 Å². The molecule has 8 aromatic carbocycles. The molecule has 0 saturated heterocycles. The smallest absolute Gasteiger partial charge is 0.164 e. The molecule has 0 aliphatic heterocycles. The van der Waals surface area contributed by atoms with Crippen LogP contribution in [-0.4, -0.2) is 24.9 Å². The van der Waals surface area contributed by atoms with E-state index in [1.165, 1.54) is 27.1 Å². The number of nitrogens with zero attached hydrogens (tertiary/aromatic N) is 5. The first-order valence-corrected chi connectivity index (χ1v) is 18.0. The van der Waals surface area contributed by atoms with E-state index in [1.54, 1.807) is 0 Å². The number of para-hydroxylation sites is 2. The van der Waals surface area contributed by atoms with Gasteiger partial charge in [0.15, 0.2) is 17.5 Å². The number of benzene rings is 8. The number of hydrogen-bond donors (Lipinski definition) is 0. The van der Waals surface area contributed by atoms with Gasteiger partial charge in [-0.2, -0.15) is 0 Å². The van der Waals surface area contributed by atoms with E-state index in [4.69, 9.17) is 24.9 Å². The predicted octanol–water partition coefficient (Wildman–Crippen LogP) is 12.1. The van der Waals surface area contributed by atoms with E-state index in [9.17, 15) is 0 Å². The average Bonchev–Trinajstić information content (AvgIpc) is 3.26. The maximum Gasteiger partial charge on any atom is 0.164 e. The van der Waals surface area contributed by atoms with Gasteiger partial charge >= 0.3 is 0 Å². The van der Waals surface area contributed by atoms with E-state index in [2.05, 4.69) is 91.0 Å². The topological polar surface area (TPSA) is 64.5 Å². The molecule has 5 nitrogen and oxygen atoms in total. The molecule has 252 valence electrons. The Morgan fingerprint density at radius 3 is 1.30 bits per heavy atom. The highest BCUT2D eigenvalue weighted by molar-refractivity contribution is 6.14. The summed E-state index contributed by atoms with van der Waals surface area (Å²) >= 11 is 0. The molecule has 54 heavy (non-hydrogen) atoms. The molecule has 10 rings (SSSR count). The number of hydrogen-bond acceptors (Lipinski definition) is 5. The summed E-state index contributed by atoms with van der Waals surface area (Å²) < 4.78 is 0. The Balaban J connectivity index is 1.14. The van der Waals surface area contributed by atoms with Crippen LogP contribution in [0.4, 0.5) is 0 Å². The lowest BCUT2D eigenvalue weighted by atomic mass is 9.92. The fourth-order valence-electron chi connectivity index (χ4n) is 7.27. The van der Waals surface area contributed by atoms with Crippen LogP contribution >= 0.6 is 0 Å². The minimum atomic E-state index is 0.588. The second-order valence-electron chi connectivity index (χ2n) is 13.3. The van der Waals surface area contributed by atoms with Crippen molar-refractivity contribution in [2.75, 3.05) is 0 Å². The lowest BCUT2D eigenvalue weighted by molar-refractivity contribution is 1.07. The van der Waals surface area contributed by atoms with Gasteiger partial charge in [-0.3, -0.25) is 0 Å². The van der Waals surface area contributed by atoms with Crippen molar-refractivity contribution in [3.05, 3.63) is 188 Å². The fourth-order valence-corrected chi connectivity index (χ4v) is 7.27. The SMILES string of the molecule is c1ccc(-c2nc(-c3ccccc3)nc(-c3cccc(-c4nc5ccccc5nc4-c4cccc(-c5cc6ccccc6c6ccccc56)c4)c3)n2)cc1. The lowest BCUT2D eigenvalue weighted by Gasteiger charge is -2.14. The zero-order valence-corrected chi connectivity index (χ0v) is 29.1. The average molecular weight is 690 g/mol. The second kappa shape index (κ2) is 13.3. The van der Waals surface area contributed by atoms with E-state index >= 15 is 0 Å². The van der Waals surface area contributed by atoms with Crippen molar-refractivity contribution in [2.45, 2.75) is 0 Å². The van der Waals surface area contributed by atoms with E-state index in [-0.39, 0.29) is 0 Å². The van der Waals surface area contributed by atoms with Gasteiger partial charge in [-0.15, -0.1) is 0 Å². The summed E-state index contributed by atoms with van der Waals surface area (Å²) in [7, 11) is 0. The molecule has 2 aromatic heterocycles. The van der Waals surface area contributed by atoms with Crippen LogP contribution in [-0.2, 0) is 0 Å². The highest BCUT2D eigenvalue weighted by atomic mass is 15.0.